The van der Waals surface area contributed by atoms with Crippen LogP contribution in [0, 0.1) is 5.82 Å². The van der Waals surface area contributed by atoms with Gasteiger partial charge in [-0.3, -0.25) is 4.79 Å². The second-order valence-electron chi connectivity index (χ2n) is 6.35. The maximum atomic E-state index is 13.9. The van der Waals surface area contributed by atoms with Crippen molar-refractivity contribution in [1.82, 2.24) is 14.3 Å². The number of sulfonamides is 1. The lowest BCUT2D eigenvalue weighted by Gasteiger charge is -2.13. The van der Waals surface area contributed by atoms with Gasteiger partial charge in [0.25, 0.3) is 5.91 Å². The molecule has 0 fully saturated rings. The van der Waals surface area contributed by atoms with Crippen LogP contribution in [-0.2, 0) is 16.6 Å². The highest BCUT2D eigenvalue weighted by molar-refractivity contribution is 7.89. The first-order chi connectivity index (χ1) is 14.4. The number of hydrogen-bond acceptors (Lipinski definition) is 5. The first-order valence-electron chi connectivity index (χ1n) is 9.10. The van der Waals surface area contributed by atoms with Gasteiger partial charge in [0.2, 0.25) is 10.0 Å². The number of halogens is 1. The average Bonchev–Trinajstić information content (AvgIpc) is 3.25. The van der Waals surface area contributed by atoms with E-state index >= 15 is 0 Å². The Morgan fingerprint density at radius 3 is 2.73 bits per heavy atom. The molecule has 0 radical (unpaired) electrons. The normalized spacial score (nSPS) is 11.3. The molecule has 8 nitrogen and oxygen atoms in total. The summed E-state index contributed by atoms with van der Waals surface area (Å²) in [5, 5.41) is 2.51. The molecule has 0 aliphatic heterocycles. The van der Waals surface area contributed by atoms with Crippen LogP contribution in [0.4, 0.5) is 10.1 Å². The molecule has 0 aliphatic rings. The number of benzene rings is 2. The summed E-state index contributed by atoms with van der Waals surface area (Å²) in [4.78, 5) is 16.3. The molecule has 0 bridgehead atoms. The van der Waals surface area contributed by atoms with Crippen molar-refractivity contribution in [1.29, 1.82) is 0 Å². The van der Waals surface area contributed by atoms with E-state index in [0.29, 0.717) is 13.0 Å². The SMILES string of the molecule is COc1ccc(S(=O)(=O)NCCCn2ccnc2)cc1NC(=O)c1ccccc1F. The molecule has 1 amide bonds. The van der Waals surface area contributed by atoms with Gasteiger partial charge >= 0.3 is 0 Å². The molecule has 0 saturated heterocycles. The highest BCUT2D eigenvalue weighted by Gasteiger charge is 2.18. The fourth-order valence-electron chi connectivity index (χ4n) is 2.76. The molecule has 1 heterocycles. The predicted octanol–water partition coefficient (Wildman–Crippen LogP) is 2.65. The van der Waals surface area contributed by atoms with Crippen LogP contribution < -0.4 is 14.8 Å². The van der Waals surface area contributed by atoms with Gasteiger partial charge < -0.3 is 14.6 Å². The van der Waals surface area contributed by atoms with Gasteiger partial charge in [0.1, 0.15) is 11.6 Å². The molecule has 30 heavy (non-hydrogen) atoms. The first-order valence-corrected chi connectivity index (χ1v) is 10.6. The van der Waals surface area contributed by atoms with E-state index in [4.69, 9.17) is 4.74 Å². The van der Waals surface area contributed by atoms with E-state index < -0.39 is 21.7 Å². The topological polar surface area (TPSA) is 102 Å². The van der Waals surface area contributed by atoms with Crippen molar-refractivity contribution < 1.29 is 22.3 Å². The number of hydrogen-bond donors (Lipinski definition) is 2. The fourth-order valence-corrected chi connectivity index (χ4v) is 3.86. The van der Waals surface area contributed by atoms with Gasteiger partial charge in [-0.2, -0.15) is 0 Å². The van der Waals surface area contributed by atoms with Crippen molar-refractivity contribution in [2.75, 3.05) is 19.0 Å². The number of methoxy groups -OCH3 is 1. The fraction of sp³-hybridized carbons (Fsp3) is 0.200. The lowest BCUT2D eigenvalue weighted by Crippen LogP contribution is -2.25. The van der Waals surface area contributed by atoms with Crippen LogP contribution in [0.3, 0.4) is 0 Å². The summed E-state index contributed by atoms with van der Waals surface area (Å²) in [6, 6.07) is 9.57. The standard InChI is InChI=1S/C20H21FN4O4S/c1-29-19-8-7-15(30(27,28)23-9-4-11-25-12-10-22-14-25)13-18(19)24-20(26)16-5-2-3-6-17(16)21/h2-3,5-8,10,12-14,23H,4,9,11H2,1H3,(H,24,26). The Hall–Kier alpha value is -3.24. The van der Waals surface area contributed by atoms with E-state index in [1.54, 1.807) is 18.7 Å². The highest BCUT2D eigenvalue weighted by Crippen LogP contribution is 2.28. The largest absolute Gasteiger partial charge is 0.495 e. The van der Waals surface area contributed by atoms with Gasteiger partial charge in [0, 0.05) is 25.5 Å². The van der Waals surface area contributed by atoms with Crippen LogP contribution in [0.15, 0.2) is 66.1 Å². The lowest BCUT2D eigenvalue weighted by molar-refractivity contribution is 0.102. The van der Waals surface area contributed by atoms with E-state index in [-0.39, 0.29) is 28.4 Å². The smallest absolute Gasteiger partial charge is 0.258 e. The maximum absolute atomic E-state index is 13.9. The molecule has 158 valence electrons. The summed E-state index contributed by atoms with van der Waals surface area (Å²) in [6.07, 6.45) is 5.67. The highest BCUT2D eigenvalue weighted by atomic mass is 32.2. The Labute approximate surface area is 173 Å². The van der Waals surface area contributed by atoms with Crippen LogP contribution in [0.5, 0.6) is 5.75 Å². The molecule has 1 aromatic heterocycles. The number of amides is 1. The number of anilines is 1. The molecule has 2 aromatic carbocycles. The molecule has 0 aliphatic carbocycles. The van der Waals surface area contributed by atoms with Gasteiger partial charge in [-0.25, -0.2) is 22.5 Å². The maximum Gasteiger partial charge on any atom is 0.258 e. The minimum Gasteiger partial charge on any atom is -0.495 e. The second kappa shape index (κ2) is 9.51. The van der Waals surface area contributed by atoms with E-state index in [2.05, 4.69) is 15.0 Å². The van der Waals surface area contributed by atoms with E-state index in [1.807, 2.05) is 4.57 Å². The third-order valence-electron chi connectivity index (χ3n) is 4.29. The van der Waals surface area contributed by atoms with E-state index in [9.17, 15) is 17.6 Å². The van der Waals surface area contributed by atoms with Crippen molar-refractivity contribution in [3.8, 4) is 5.75 Å². The average molecular weight is 432 g/mol. The Morgan fingerprint density at radius 2 is 2.03 bits per heavy atom. The molecule has 3 aromatic rings. The minimum atomic E-state index is -3.81. The second-order valence-corrected chi connectivity index (χ2v) is 8.11. The number of carbonyl (C=O) groups is 1. The molecule has 0 unspecified atom stereocenters. The van der Waals surface area contributed by atoms with Gasteiger partial charge in [-0.05, 0) is 36.8 Å². The molecule has 10 heteroatoms. The Bertz CT molecular complexity index is 1120. The molecule has 0 saturated carbocycles. The van der Waals surface area contributed by atoms with Crippen molar-refractivity contribution in [3.05, 3.63) is 72.6 Å². The van der Waals surface area contributed by atoms with Crippen LogP contribution >= 0.6 is 0 Å². The Kier molecular flexibility index (Phi) is 6.80. The molecular formula is C20H21FN4O4S. The van der Waals surface area contributed by atoms with Crippen molar-refractivity contribution in [2.24, 2.45) is 0 Å². The summed E-state index contributed by atoms with van der Waals surface area (Å²) < 4.78 is 48.6. The third-order valence-corrected chi connectivity index (χ3v) is 5.75. The van der Waals surface area contributed by atoms with Gasteiger partial charge in [-0.1, -0.05) is 12.1 Å². The van der Waals surface area contributed by atoms with E-state index in [1.165, 1.54) is 49.6 Å². The van der Waals surface area contributed by atoms with Crippen molar-refractivity contribution in [3.63, 3.8) is 0 Å². The number of ether oxygens (including phenoxy) is 1. The number of nitrogens with one attached hydrogen (secondary N) is 2. The zero-order valence-corrected chi connectivity index (χ0v) is 17.0. The summed E-state index contributed by atoms with van der Waals surface area (Å²) in [5.74, 6) is -1.15. The summed E-state index contributed by atoms with van der Waals surface area (Å²) in [6.45, 7) is 0.846. The van der Waals surface area contributed by atoms with Gasteiger partial charge in [0.05, 0.1) is 29.6 Å². The number of aromatic nitrogens is 2. The van der Waals surface area contributed by atoms with Crippen LogP contribution in [0.2, 0.25) is 0 Å². The quantitative estimate of drug-likeness (QED) is 0.506. The summed E-state index contributed by atoms with van der Waals surface area (Å²) in [5.41, 5.74) is -0.0440. The first kappa shape index (κ1) is 21.5. The Morgan fingerprint density at radius 1 is 1.23 bits per heavy atom. The molecular weight excluding hydrogens is 411 g/mol. The number of imidazole rings is 1. The number of aryl methyl sites for hydroxylation is 1. The Balaban J connectivity index is 1.72. The number of nitrogens with zero attached hydrogens (tertiary/aromatic N) is 2. The number of carbonyl (C=O) groups excluding carboxylic acids is 1. The van der Waals surface area contributed by atoms with Gasteiger partial charge in [-0.15, -0.1) is 0 Å². The summed E-state index contributed by atoms with van der Waals surface area (Å²) >= 11 is 0. The van der Waals surface area contributed by atoms with E-state index in [0.717, 1.165) is 0 Å². The van der Waals surface area contributed by atoms with Crippen molar-refractivity contribution >= 4 is 21.6 Å². The van der Waals surface area contributed by atoms with Gasteiger partial charge in [0.15, 0.2) is 0 Å². The minimum absolute atomic E-state index is 0.0465. The van der Waals surface area contributed by atoms with Crippen LogP contribution in [0.1, 0.15) is 16.8 Å². The molecule has 0 spiro atoms. The predicted molar refractivity (Wildman–Crippen MR) is 109 cm³/mol. The lowest BCUT2D eigenvalue weighted by atomic mass is 10.2. The van der Waals surface area contributed by atoms with Crippen molar-refractivity contribution in [2.45, 2.75) is 17.9 Å². The zero-order valence-electron chi connectivity index (χ0n) is 16.2. The molecule has 0 atom stereocenters. The summed E-state index contributed by atoms with van der Waals surface area (Å²) in [7, 11) is -2.43. The molecule has 2 N–H and O–H groups in total. The van der Waals surface area contributed by atoms with Crippen LogP contribution in [-0.4, -0.2) is 37.5 Å². The monoisotopic (exact) mass is 432 g/mol. The molecule has 3 rings (SSSR count). The zero-order chi connectivity index (χ0) is 21.6. The van der Waals surface area contributed by atoms with Crippen LogP contribution in [0.25, 0.3) is 0 Å². The number of rotatable bonds is 9. The third kappa shape index (κ3) is 5.22.